The molecule has 0 bridgehead atoms. The number of esters is 1. The number of hydrogen-bond acceptors (Lipinski definition) is 7. The number of benzene rings is 2. The van der Waals surface area contributed by atoms with Crippen LogP contribution in [0.3, 0.4) is 0 Å². The molecular weight excluding hydrogens is 516 g/mol. The summed E-state index contributed by atoms with van der Waals surface area (Å²) in [5.74, 6) is -2.99. The summed E-state index contributed by atoms with van der Waals surface area (Å²) in [5, 5.41) is 12.3. The number of hydrogen-bond donors (Lipinski definition) is 2. The Morgan fingerprint density at radius 3 is 2.10 bits per heavy atom. The average molecular weight is 553 g/mol. The van der Waals surface area contributed by atoms with Crippen LogP contribution in [-0.2, 0) is 28.6 Å². The highest BCUT2D eigenvalue weighted by Crippen LogP contribution is 2.44. The lowest BCUT2D eigenvalue weighted by Crippen LogP contribution is -2.58. The molecule has 1 aliphatic heterocycles. The molecule has 0 spiro atoms. The minimum Gasteiger partial charge on any atom is -0.480 e. The molecule has 2 amide bonds. The molecule has 0 saturated carbocycles. The van der Waals surface area contributed by atoms with Gasteiger partial charge in [-0.15, -0.1) is 0 Å². The molecule has 1 saturated heterocycles. The molecule has 10 nitrogen and oxygen atoms in total. The Kier molecular flexibility index (Phi) is 7.94. The van der Waals surface area contributed by atoms with Gasteiger partial charge in [0.05, 0.1) is 12.5 Å². The van der Waals surface area contributed by atoms with Gasteiger partial charge in [0.15, 0.2) is 6.04 Å². The zero-order valence-corrected chi connectivity index (χ0v) is 23.6. The third kappa shape index (κ3) is 5.96. The van der Waals surface area contributed by atoms with E-state index in [1.54, 1.807) is 41.5 Å². The number of ether oxygens (including phenoxy) is 3. The summed E-state index contributed by atoms with van der Waals surface area (Å²) in [5.41, 5.74) is 2.04. The highest BCUT2D eigenvalue weighted by molar-refractivity contribution is 5.93. The maximum absolute atomic E-state index is 13.8. The second-order valence-electron chi connectivity index (χ2n) is 11.6. The molecule has 40 heavy (non-hydrogen) atoms. The predicted molar refractivity (Wildman–Crippen MR) is 145 cm³/mol. The number of alkyl carbamates (subject to hydrolysis) is 1. The van der Waals surface area contributed by atoms with Crippen LogP contribution >= 0.6 is 0 Å². The van der Waals surface area contributed by atoms with Crippen molar-refractivity contribution in [2.45, 2.75) is 83.4 Å². The van der Waals surface area contributed by atoms with Crippen molar-refractivity contribution in [3.8, 4) is 11.1 Å². The van der Waals surface area contributed by atoms with Crippen molar-refractivity contribution in [2.24, 2.45) is 0 Å². The largest absolute Gasteiger partial charge is 0.480 e. The monoisotopic (exact) mass is 552 g/mol. The Bertz CT molecular complexity index is 1270. The first-order valence-corrected chi connectivity index (χ1v) is 13.3. The van der Waals surface area contributed by atoms with E-state index in [1.165, 1.54) is 0 Å². The molecule has 1 fully saturated rings. The molecule has 2 N–H and O–H groups in total. The number of carbonyl (C=O) groups excluding carboxylic acids is 3. The molecule has 3 atom stereocenters. The standard InChI is InChI=1S/C30H36N2O8/c1-17-25(27(35)36)32(30(5,6)39-17)26(34)23(15-24(33)40-29(2,3)4)31-28(37)38-16-22-20-13-9-7-11-18(20)19-12-8-10-14-21(19)22/h7-14,17,22-23,25H,15-16H2,1-6H3,(H,31,37)(H,35,36)/t17-,23+,25+/m1/s1. The first-order chi connectivity index (χ1) is 18.7. The van der Waals surface area contributed by atoms with E-state index >= 15 is 0 Å². The predicted octanol–water partition coefficient (Wildman–Crippen LogP) is 4.06. The average Bonchev–Trinajstić information content (AvgIpc) is 3.30. The van der Waals surface area contributed by atoms with Crippen LogP contribution in [0.2, 0.25) is 0 Å². The van der Waals surface area contributed by atoms with Crippen molar-refractivity contribution < 1.29 is 38.5 Å². The van der Waals surface area contributed by atoms with Gasteiger partial charge < -0.3 is 24.6 Å². The number of fused-ring (bicyclic) bond motifs is 3. The maximum atomic E-state index is 13.8. The van der Waals surface area contributed by atoms with Crippen molar-refractivity contribution in [1.82, 2.24) is 10.2 Å². The minimum atomic E-state index is -1.44. The van der Waals surface area contributed by atoms with E-state index in [2.05, 4.69) is 5.32 Å². The zero-order valence-electron chi connectivity index (χ0n) is 23.6. The van der Waals surface area contributed by atoms with Gasteiger partial charge in [0, 0.05) is 5.92 Å². The summed E-state index contributed by atoms with van der Waals surface area (Å²) in [6.07, 6.45) is -2.25. The summed E-state index contributed by atoms with van der Waals surface area (Å²) in [6.45, 7) is 9.71. The third-order valence-electron chi connectivity index (χ3n) is 6.99. The number of nitrogens with zero attached hydrogens (tertiary/aromatic N) is 1. The fourth-order valence-corrected chi connectivity index (χ4v) is 5.53. The summed E-state index contributed by atoms with van der Waals surface area (Å²) >= 11 is 0. The van der Waals surface area contributed by atoms with Gasteiger partial charge in [-0.3, -0.25) is 14.5 Å². The quantitative estimate of drug-likeness (QED) is 0.492. The van der Waals surface area contributed by atoms with E-state index in [4.69, 9.17) is 14.2 Å². The maximum Gasteiger partial charge on any atom is 0.407 e. The Hall–Kier alpha value is -3.92. The van der Waals surface area contributed by atoms with Crippen LogP contribution in [0, 0.1) is 0 Å². The van der Waals surface area contributed by atoms with Crippen molar-refractivity contribution in [2.75, 3.05) is 6.61 Å². The summed E-state index contributed by atoms with van der Waals surface area (Å²) in [7, 11) is 0. The van der Waals surface area contributed by atoms with Crippen LogP contribution in [0.1, 0.15) is 65.0 Å². The number of carboxylic acids is 1. The van der Waals surface area contributed by atoms with Crippen LogP contribution in [0.4, 0.5) is 4.79 Å². The molecule has 2 aromatic carbocycles. The molecule has 1 heterocycles. The summed E-state index contributed by atoms with van der Waals surface area (Å²) < 4.78 is 16.7. The topological polar surface area (TPSA) is 131 Å². The SMILES string of the molecule is C[C@H]1OC(C)(C)N(C(=O)[C@H](CC(=O)OC(C)(C)C)NC(=O)OCC2c3ccccc3-c3ccccc32)[C@@H]1C(=O)O. The lowest BCUT2D eigenvalue weighted by Gasteiger charge is -2.35. The van der Waals surface area contributed by atoms with Gasteiger partial charge in [-0.1, -0.05) is 48.5 Å². The van der Waals surface area contributed by atoms with E-state index in [0.717, 1.165) is 27.2 Å². The van der Waals surface area contributed by atoms with Crippen molar-refractivity contribution in [3.63, 3.8) is 0 Å². The van der Waals surface area contributed by atoms with Crippen molar-refractivity contribution >= 4 is 23.9 Å². The van der Waals surface area contributed by atoms with Crippen LogP contribution < -0.4 is 5.32 Å². The van der Waals surface area contributed by atoms with E-state index in [1.807, 2.05) is 48.5 Å². The number of amides is 2. The first-order valence-electron chi connectivity index (χ1n) is 13.3. The molecule has 0 aromatic heterocycles. The van der Waals surface area contributed by atoms with Crippen LogP contribution in [0.25, 0.3) is 11.1 Å². The molecule has 4 rings (SSSR count). The fraction of sp³-hybridized carbons (Fsp3) is 0.467. The van der Waals surface area contributed by atoms with E-state index in [0.29, 0.717) is 0 Å². The van der Waals surface area contributed by atoms with Gasteiger partial charge in [-0.25, -0.2) is 9.59 Å². The Morgan fingerprint density at radius 2 is 1.57 bits per heavy atom. The number of nitrogens with one attached hydrogen (secondary N) is 1. The Balaban J connectivity index is 1.54. The second kappa shape index (κ2) is 10.9. The van der Waals surface area contributed by atoms with Gasteiger partial charge in [0.1, 0.15) is 24.0 Å². The zero-order chi connectivity index (χ0) is 29.4. The Labute approximate surface area is 233 Å². The number of carbonyl (C=O) groups is 4. The van der Waals surface area contributed by atoms with Gasteiger partial charge >= 0.3 is 18.0 Å². The number of aliphatic carboxylic acids is 1. The van der Waals surface area contributed by atoms with E-state index < -0.39 is 59.9 Å². The van der Waals surface area contributed by atoms with Crippen molar-refractivity contribution in [1.29, 1.82) is 0 Å². The highest BCUT2D eigenvalue weighted by atomic mass is 16.6. The number of rotatable bonds is 7. The van der Waals surface area contributed by atoms with Crippen molar-refractivity contribution in [3.05, 3.63) is 59.7 Å². The molecular formula is C30H36N2O8. The van der Waals surface area contributed by atoms with E-state index in [9.17, 15) is 24.3 Å². The lowest BCUT2D eigenvalue weighted by atomic mass is 9.98. The molecule has 0 radical (unpaired) electrons. The summed E-state index contributed by atoms with van der Waals surface area (Å²) in [6, 6.07) is 13.0. The molecule has 2 aromatic rings. The highest BCUT2D eigenvalue weighted by Gasteiger charge is 2.53. The van der Waals surface area contributed by atoms with Gasteiger partial charge in [-0.2, -0.15) is 0 Å². The molecule has 1 aliphatic carbocycles. The summed E-state index contributed by atoms with van der Waals surface area (Å²) in [4.78, 5) is 52.6. The normalized spacial score (nSPS) is 20.3. The minimum absolute atomic E-state index is 0.000309. The Morgan fingerprint density at radius 1 is 1.02 bits per heavy atom. The van der Waals surface area contributed by atoms with Gasteiger partial charge in [0.25, 0.3) is 0 Å². The molecule has 214 valence electrons. The lowest BCUT2D eigenvalue weighted by molar-refractivity contribution is -0.162. The number of carboxylic acid groups (broad SMARTS) is 1. The van der Waals surface area contributed by atoms with Gasteiger partial charge in [0.2, 0.25) is 5.91 Å². The second-order valence-corrected chi connectivity index (χ2v) is 11.6. The van der Waals surface area contributed by atoms with Crippen LogP contribution in [0.5, 0.6) is 0 Å². The molecule has 2 aliphatic rings. The smallest absolute Gasteiger partial charge is 0.407 e. The first kappa shape index (κ1) is 29.1. The molecule has 0 unspecified atom stereocenters. The fourth-order valence-electron chi connectivity index (χ4n) is 5.53. The molecule has 10 heteroatoms. The van der Waals surface area contributed by atoms with E-state index in [-0.39, 0.29) is 12.5 Å². The van der Waals surface area contributed by atoms with Crippen LogP contribution in [0.15, 0.2) is 48.5 Å². The van der Waals surface area contributed by atoms with Gasteiger partial charge in [-0.05, 0) is 63.8 Å². The third-order valence-corrected chi connectivity index (χ3v) is 6.99. The van der Waals surface area contributed by atoms with Crippen LogP contribution in [-0.4, -0.2) is 70.1 Å².